The van der Waals surface area contributed by atoms with Crippen LogP contribution in [-0.2, 0) is 20.7 Å². The van der Waals surface area contributed by atoms with Gasteiger partial charge in [-0.05, 0) is 39.2 Å². The van der Waals surface area contributed by atoms with E-state index in [1.54, 1.807) is 12.2 Å². The van der Waals surface area contributed by atoms with Gasteiger partial charge in [0.1, 0.15) is 12.1 Å². The van der Waals surface area contributed by atoms with Crippen LogP contribution in [-0.4, -0.2) is 41.1 Å². The van der Waals surface area contributed by atoms with Crippen LogP contribution in [0.5, 0.6) is 0 Å². The number of alkyl halides is 3. The molecule has 2 heterocycles. The molecule has 9 heteroatoms. The van der Waals surface area contributed by atoms with Crippen molar-refractivity contribution < 1.29 is 32.3 Å². The predicted octanol–water partition coefficient (Wildman–Crippen LogP) is 2.18. The Hall–Kier alpha value is -2.32. The molecule has 1 unspecified atom stereocenters. The van der Waals surface area contributed by atoms with E-state index in [1.807, 2.05) is 0 Å². The zero-order chi connectivity index (χ0) is 18.8. The number of ether oxygens (including phenoxy) is 1. The fourth-order valence-corrected chi connectivity index (χ4v) is 2.79. The van der Waals surface area contributed by atoms with Crippen LogP contribution in [0.2, 0.25) is 0 Å². The molecule has 1 aliphatic heterocycles. The number of amides is 1. The van der Waals surface area contributed by atoms with E-state index >= 15 is 0 Å². The van der Waals surface area contributed by atoms with Gasteiger partial charge < -0.3 is 14.6 Å². The van der Waals surface area contributed by atoms with E-state index in [2.05, 4.69) is 0 Å². The molecule has 0 saturated carbocycles. The third kappa shape index (κ3) is 4.02. The van der Waals surface area contributed by atoms with Gasteiger partial charge in [0, 0.05) is 11.9 Å². The quantitative estimate of drug-likeness (QED) is 0.645. The molecule has 2 rings (SSSR count). The minimum atomic E-state index is -4.63. The van der Waals surface area contributed by atoms with Crippen LogP contribution in [0.4, 0.5) is 13.2 Å². The smallest absolute Gasteiger partial charge is 0.408 e. The topological polar surface area (TPSA) is 77.4 Å². The van der Waals surface area contributed by atoms with Gasteiger partial charge in [-0.3, -0.25) is 9.59 Å². The van der Waals surface area contributed by atoms with Gasteiger partial charge in [0.05, 0.1) is 12.2 Å². The van der Waals surface area contributed by atoms with E-state index in [9.17, 15) is 27.6 Å². The molecule has 0 saturated heterocycles. The van der Waals surface area contributed by atoms with Crippen LogP contribution in [0.25, 0.3) is 0 Å². The van der Waals surface area contributed by atoms with Crippen molar-refractivity contribution in [2.24, 2.45) is 0 Å². The number of nitrogens with zero attached hydrogens (tertiary/aromatic N) is 1. The Balaban J connectivity index is 2.19. The first kappa shape index (κ1) is 19.0. The minimum Gasteiger partial charge on any atom is -0.462 e. The van der Waals surface area contributed by atoms with Crippen LogP contribution in [0.1, 0.15) is 48.8 Å². The summed E-state index contributed by atoms with van der Waals surface area (Å²) in [5.41, 5.74) is 0.864. The van der Waals surface area contributed by atoms with Crippen molar-refractivity contribution in [3.63, 3.8) is 0 Å². The van der Waals surface area contributed by atoms with Crippen molar-refractivity contribution >= 4 is 17.7 Å². The molecule has 1 N–H and O–H groups in total. The van der Waals surface area contributed by atoms with Crippen molar-refractivity contribution in [3.8, 4) is 0 Å². The second kappa shape index (κ2) is 7.28. The van der Waals surface area contributed by atoms with Gasteiger partial charge in [-0.15, -0.1) is 0 Å². The van der Waals surface area contributed by atoms with Gasteiger partial charge in [-0.1, -0.05) is 0 Å². The summed E-state index contributed by atoms with van der Waals surface area (Å²) in [6, 6.07) is -1.55. The number of halogens is 3. The molecule has 0 radical (unpaired) electrons. The summed E-state index contributed by atoms with van der Waals surface area (Å²) >= 11 is 0. The normalized spacial score (nSPS) is 18.2. The number of carbonyl (C=O) groups is 3. The Morgan fingerprint density at radius 2 is 2.08 bits per heavy atom. The summed E-state index contributed by atoms with van der Waals surface area (Å²) in [5, 5.41) is 1.68. The van der Waals surface area contributed by atoms with Gasteiger partial charge in [0.2, 0.25) is 5.78 Å². The fourth-order valence-electron chi connectivity index (χ4n) is 2.79. The lowest BCUT2D eigenvalue weighted by Crippen LogP contribution is -2.47. The highest BCUT2D eigenvalue weighted by atomic mass is 19.4. The van der Waals surface area contributed by atoms with Gasteiger partial charge in [-0.2, -0.15) is 13.2 Å². The van der Waals surface area contributed by atoms with Crippen molar-refractivity contribution in [2.45, 2.75) is 51.4 Å². The molecule has 6 nitrogen and oxygen atoms in total. The molecule has 0 aliphatic carbocycles. The third-order valence-electron chi connectivity index (χ3n) is 4.11. The van der Waals surface area contributed by atoms with Crippen LogP contribution >= 0.6 is 0 Å². The highest BCUT2D eigenvalue weighted by molar-refractivity contribution is 6.37. The van der Waals surface area contributed by atoms with Crippen molar-refractivity contribution in [1.82, 2.24) is 9.88 Å². The standard InChI is InChI=1S/C16H19F3N2O4/c1-3-25-15(24)10-7-8-21-11(10)5-4-6-12(21)13(22)14(23)20-9(2)16(17,18)19/h7-9,12H,3-6H2,1-2H3,(H,20,23)/t9?,12-/m1/s1. The van der Waals surface area contributed by atoms with Crippen LogP contribution in [0, 0.1) is 0 Å². The first-order chi connectivity index (χ1) is 11.7. The van der Waals surface area contributed by atoms with Gasteiger partial charge in [0.25, 0.3) is 5.91 Å². The number of Topliss-reactive ketones (excluding diaryl/α,β-unsaturated/α-hetero) is 1. The minimum absolute atomic E-state index is 0.198. The monoisotopic (exact) mass is 360 g/mol. The van der Waals surface area contributed by atoms with E-state index in [0.717, 1.165) is 6.92 Å². The molecule has 138 valence electrons. The van der Waals surface area contributed by atoms with Crippen LogP contribution < -0.4 is 5.32 Å². The molecule has 1 aliphatic rings. The fraction of sp³-hybridized carbons (Fsp3) is 0.562. The Kier molecular flexibility index (Phi) is 5.54. The van der Waals surface area contributed by atoms with E-state index in [0.29, 0.717) is 30.5 Å². The van der Waals surface area contributed by atoms with E-state index in [-0.39, 0.29) is 6.61 Å². The highest BCUT2D eigenvalue weighted by Crippen LogP contribution is 2.29. The lowest BCUT2D eigenvalue weighted by atomic mass is 9.97. The Labute approximate surface area is 142 Å². The van der Waals surface area contributed by atoms with Crippen molar-refractivity contribution in [1.29, 1.82) is 0 Å². The second-order valence-corrected chi connectivity index (χ2v) is 5.81. The molecule has 0 aromatic carbocycles. The molecule has 1 aromatic heterocycles. The number of hydrogen-bond donors (Lipinski definition) is 1. The number of esters is 1. The Morgan fingerprint density at radius 3 is 2.68 bits per heavy atom. The van der Waals surface area contributed by atoms with Gasteiger partial charge in [0.15, 0.2) is 0 Å². The maximum absolute atomic E-state index is 12.5. The van der Waals surface area contributed by atoms with E-state index in [4.69, 9.17) is 4.74 Å². The molecular formula is C16H19F3N2O4. The zero-order valence-electron chi connectivity index (χ0n) is 13.9. The number of nitrogens with one attached hydrogen (secondary N) is 1. The first-order valence-corrected chi connectivity index (χ1v) is 7.95. The Morgan fingerprint density at radius 1 is 1.40 bits per heavy atom. The third-order valence-corrected chi connectivity index (χ3v) is 4.11. The molecule has 0 bridgehead atoms. The van der Waals surface area contributed by atoms with Crippen molar-refractivity contribution in [3.05, 3.63) is 23.5 Å². The molecule has 2 atom stereocenters. The summed E-state index contributed by atoms with van der Waals surface area (Å²) in [6.45, 7) is 2.63. The number of carbonyl (C=O) groups excluding carboxylic acids is 3. The zero-order valence-corrected chi connectivity index (χ0v) is 13.9. The maximum Gasteiger partial charge on any atom is 0.408 e. The average molecular weight is 360 g/mol. The molecular weight excluding hydrogens is 341 g/mol. The van der Waals surface area contributed by atoms with Gasteiger partial charge >= 0.3 is 12.1 Å². The number of hydrogen-bond acceptors (Lipinski definition) is 4. The van der Waals surface area contributed by atoms with Crippen LogP contribution in [0.15, 0.2) is 12.3 Å². The first-order valence-electron chi connectivity index (χ1n) is 7.95. The van der Waals surface area contributed by atoms with E-state index < -0.39 is 35.9 Å². The van der Waals surface area contributed by atoms with Gasteiger partial charge in [-0.25, -0.2) is 4.79 Å². The number of ketones is 1. The molecule has 1 aromatic rings. The highest BCUT2D eigenvalue weighted by Gasteiger charge is 2.40. The van der Waals surface area contributed by atoms with E-state index in [1.165, 1.54) is 16.8 Å². The SMILES string of the molecule is CCOC(=O)c1ccn2c1CCC[C@@H]2C(=O)C(=O)NC(C)C(F)(F)F. The van der Waals surface area contributed by atoms with Crippen LogP contribution in [0.3, 0.4) is 0 Å². The predicted molar refractivity (Wildman–Crippen MR) is 81.0 cm³/mol. The van der Waals surface area contributed by atoms with Crippen molar-refractivity contribution in [2.75, 3.05) is 6.61 Å². The summed E-state index contributed by atoms with van der Waals surface area (Å²) < 4.78 is 44.0. The lowest BCUT2D eigenvalue weighted by molar-refractivity contribution is -0.160. The second-order valence-electron chi connectivity index (χ2n) is 5.81. The molecule has 25 heavy (non-hydrogen) atoms. The number of aromatic nitrogens is 1. The largest absolute Gasteiger partial charge is 0.462 e. The maximum atomic E-state index is 12.5. The molecule has 1 amide bonds. The number of fused-ring (bicyclic) bond motifs is 1. The summed E-state index contributed by atoms with van der Waals surface area (Å²) in [6.07, 6.45) is -1.76. The molecule has 0 fully saturated rings. The number of rotatable bonds is 5. The molecule has 0 spiro atoms. The Bertz CT molecular complexity index is 681. The lowest BCUT2D eigenvalue weighted by Gasteiger charge is -2.26. The summed E-state index contributed by atoms with van der Waals surface area (Å²) in [4.78, 5) is 36.1. The summed E-state index contributed by atoms with van der Waals surface area (Å²) in [5.74, 6) is -2.77. The summed E-state index contributed by atoms with van der Waals surface area (Å²) in [7, 11) is 0. The average Bonchev–Trinajstić information content (AvgIpc) is 2.97.